The molecule has 2 heteroatoms. The van der Waals surface area contributed by atoms with Gasteiger partial charge in [-0.05, 0) is 31.0 Å². The van der Waals surface area contributed by atoms with Crippen molar-refractivity contribution in [1.82, 2.24) is 9.55 Å². The van der Waals surface area contributed by atoms with E-state index >= 15 is 0 Å². The highest BCUT2D eigenvalue weighted by Crippen LogP contribution is 2.36. The predicted octanol–water partition coefficient (Wildman–Crippen LogP) is 1.97. The van der Waals surface area contributed by atoms with E-state index in [1.165, 1.54) is 18.4 Å². The summed E-state index contributed by atoms with van der Waals surface area (Å²) in [7, 11) is 0. The molecule has 1 aromatic heterocycles. The maximum atomic E-state index is 4.19. The van der Waals surface area contributed by atoms with Crippen LogP contribution in [0, 0.1) is 12.4 Å². The van der Waals surface area contributed by atoms with Crippen LogP contribution in [0.2, 0.25) is 0 Å². The summed E-state index contributed by atoms with van der Waals surface area (Å²) < 4.78 is 2.14. The van der Waals surface area contributed by atoms with Crippen molar-refractivity contribution >= 4 is 11.0 Å². The first-order chi connectivity index (χ1) is 5.95. The first-order valence-electron chi connectivity index (χ1n) is 4.21. The molecule has 0 bridgehead atoms. The van der Waals surface area contributed by atoms with E-state index in [-0.39, 0.29) is 0 Å². The van der Waals surface area contributed by atoms with Crippen LogP contribution in [0.15, 0.2) is 18.2 Å². The zero-order chi connectivity index (χ0) is 7.97. The molecule has 1 saturated carbocycles. The van der Waals surface area contributed by atoms with Crippen molar-refractivity contribution in [3.63, 3.8) is 0 Å². The number of rotatable bonds is 1. The number of benzene rings is 1. The summed E-state index contributed by atoms with van der Waals surface area (Å²) in [5, 5.41) is 0. The molecule has 0 aliphatic heterocycles. The minimum Gasteiger partial charge on any atom is -0.318 e. The highest BCUT2D eigenvalue weighted by atomic mass is 15.1. The standard InChI is InChI=1S/C10H8N2/c1-2-4-10-9(3-1)11-7-12(10)8-5-6-8/h2-4,8H,5-6H2. The molecule has 2 nitrogen and oxygen atoms in total. The van der Waals surface area contributed by atoms with Crippen LogP contribution in [0.3, 0.4) is 0 Å². The molecule has 0 saturated heterocycles. The molecule has 58 valence electrons. The maximum Gasteiger partial charge on any atom is 0.177 e. The Labute approximate surface area is 70.8 Å². The molecule has 0 amide bonds. The topological polar surface area (TPSA) is 17.8 Å². The zero-order valence-electron chi connectivity index (χ0n) is 6.62. The lowest BCUT2D eigenvalue weighted by atomic mass is 10.3. The number of aromatic nitrogens is 2. The molecule has 0 N–H and O–H groups in total. The van der Waals surface area contributed by atoms with Crippen molar-refractivity contribution in [2.45, 2.75) is 18.9 Å². The first kappa shape index (κ1) is 6.23. The smallest absolute Gasteiger partial charge is 0.177 e. The van der Waals surface area contributed by atoms with Crippen molar-refractivity contribution in [1.29, 1.82) is 0 Å². The molecule has 12 heavy (non-hydrogen) atoms. The van der Waals surface area contributed by atoms with E-state index in [1.807, 2.05) is 12.1 Å². The number of hydrogen-bond acceptors (Lipinski definition) is 1. The molecule has 1 fully saturated rings. The van der Waals surface area contributed by atoms with Crippen LogP contribution in [0.1, 0.15) is 18.9 Å². The summed E-state index contributed by atoms with van der Waals surface area (Å²) in [4.78, 5) is 4.19. The van der Waals surface area contributed by atoms with Crippen LogP contribution in [0.25, 0.3) is 11.0 Å². The van der Waals surface area contributed by atoms with Gasteiger partial charge in [-0.25, -0.2) is 4.98 Å². The molecule has 2 aromatic rings. The van der Waals surface area contributed by atoms with E-state index < -0.39 is 0 Å². The quantitative estimate of drug-likeness (QED) is 0.617. The summed E-state index contributed by atoms with van der Waals surface area (Å²) in [6, 6.07) is 9.56. The van der Waals surface area contributed by atoms with Gasteiger partial charge in [0.15, 0.2) is 6.33 Å². The summed E-state index contributed by atoms with van der Waals surface area (Å²) >= 11 is 0. The third-order valence-electron chi connectivity index (χ3n) is 2.27. The molecule has 2 radical (unpaired) electrons. The van der Waals surface area contributed by atoms with Gasteiger partial charge in [-0.1, -0.05) is 6.07 Å². The van der Waals surface area contributed by atoms with Crippen LogP contribution in [0.5, 0.6) is 0 Å². The van der Waals surface area contributed by atoms with Gasteiger partial charge in [0, 0.05) is 6.04 Å². The molecule has 3 rings (SSSR count). The number of hydrogen-bond donors (Lipinski definition) is 0. The fourth-order valence-corrected chi connectivity index (χ4v) is 1.48. The Bertz CT molecular complexity index is 412. The molecule has 1 heterocycles. The van der Waals surface area contributed by atoms with E-state index in [0.717, 1.165) is 5.52 Å². The Hall–Kier alpha value is -1.31. The van der Waals surface area contributed by atoms with Gasteiger partial charge >= 0.3 is 0 Å². The third kappa shape index (κ3) is 0.779. The highest BCUT2D eigenvalue weighted by molar-refractivity contribution is 5.74. The van der Waals surface area contributed by atoms with Gasteiger partial charge in [-0.2, -0.15) is 0 Å². The molecule has 0 unspecified atom stereocenters. The monoisotopic (exact) mass is 156 g/mol. The van der Waals surface area contributed by atoms with Crippen molar-refractivity contribution in [2.75, 3.05) is 0 Å². The minimum absolute atomic E-state index is 0.664. The second-order valence-corrected chi connectivity index (χ2v) is 3.23. The Morgan fingerprint density at radius 3 is 3.25 bits per heavy atom. The first-order valence-corrected chi connectivity index (χ1v) is 4.21. The molecule has 0 atom stereocenters. The second-order valence-electron chi connectivity index (χ2n) is 3.23. The molecular formula is C10H8N2. The third-order valence-corrected chi connectivity index (χ3v) is 2.27. The average molecular weight is 156 g/mol. The van der Waals surface area contributed by atoms with Gasteiger partial charge in [0.05, 0.1) is 11.0 Å². The van der Waals surface area contributed by atoms with Crippen LogP contribution in [-0.2, 0) is 0 Å². The van der Waals surface area contributed by atoms with Gasteiger partial charge in [-0.3, -0.25) is 0 Å². The zero-order valence-corrected chi connectivity index (χ0v) is 6.62. The molecular weight excluding hydrogens is 148 g/mol. The van der Waals surface area contributed by atoms with Gasteiger partial charge in [0.1, 0.15) is 0 Å². The largest absolute Gasteiger partial charge is 0.318 e. The van der Waals surface area contributed by atoms with Crippen molar-refractivity contribution in [2.24, 2.45) is 0 Å². The summed E-state index contributed by atoms with van der Waals surface area (Å²) in [5.74, 6) is 0. The fourth-order valence-electron chi connectivity index (χ4n) is 1.48. The van der Waals surface area contributed by atoms with Crippen molar-refractivity contribution in [3.8, 4) is 0 Å². The molecule has 1 aromatic carbocycles. The lowest BCUT2D eigenvalue weighted by Gasteiger charge is -1.97. The van der Waals surface area contributed by atoms with E-state index in [0.29, 0.717) is 6.04 Å². The Morgan fingerprint density at radius 1 is 1.50 bits per heavy atom. The predicted molar refractivity (Wildman–Crippen MR) is 45.7 cm³/mol. The van der Waals surface area contributed by atoms with Crippen LogP contribution >= 0.6 is 0 Å². The van der Waals surface area contributed by atoms with Gasteiger partial charge < -0.3 is 4.57 Å². The molecule has 0 spiro atoms. The SMILES string of the molecule is [c]1ccc2c(c1)n[c]n2C1CC1. The number of imidazole rings is 1. The van der Waals surface area contributed by atoms with E-state index in [9.17, 15) is 0 Å². The average Bonchev–Trinajstić information content (AvgIpc) is 2.86. The summed E-state index contributed by atoms with van der Waals surface area (Å²) in [6.45, 7) is 0. The number of nitrogens with zero attached hydrogens (tertiary/aromatic N) is 2. The Balaban J connectivity index is 2.30. The molecule has 1 aliphatic carbocycles. The lowest BCUT2D eigenvalue weighted by Crippen LogP contribution is -1.90. The Kier molecular flexibility index (Phi) is 1.09. The minimum atomic E-state index is 0.664. The fraction of sp³-hybridized carbons (Fsp3) is 0.300. The highest BCUT2D eigenvalue weighted by Gasteiger charge is 2.24. The van der Waals surface area contributed by atoms with Gasteiger partial charge in [0.2, 0.25) is 0 Å². The number of fused-ring (bicyclic) bond motifs is 1. The van der Waals surface area contributed by atoms with Crippen LogP contribution < -0.4 is 0 Å². The van der Waals surface area contributed by atoms with Crippen LogP contribution in [-0.4, -0.2) is 9.55 Å². The van der Waals surface area contributed by atoms with Crippen LogP contribution in [0.4, 0.5) is 0 Å². The van der Waals surface area contributed by atoms with Crippen molar-refractivity contribution < 1.29 is 0 Å². The van der Waals surface area contributed by atoms with Crippen molar-refractivity contribution in [3.05, 3.63) is 30.6 Å². The van der Waals surface area contributed by atoms with E-state index in [4.69, 9.17) is 0 Å². The van der Waals surface area contributed by atoms with Gasteiger partial charge in [0.25, 0.3) is 0 Å². The van der Waals surface area contributed by atoms with E-state index in [2.05, 4.69) is 28.0 Å². The lowest BCUT2D eigenvalue weighted by molar-refractivity contribution is 0.759. The Morgan fingerprint density at radius 2 is 2.42 bits per heavy atom. The summed E-state index contributed by atoms with van der Waals surface area (Å²) in [5.41, 5.74) is 2.20. The molecule has 1 aliphatic rings. The maximum absolute atomic E-state index is 4.19. The second kappa shape index (κ2) is 2.09. The van der Waals surface area contributed by atoms with E-state index in [1.54, 1.807) is 0 Å². The normalized spacial score (nSPS) is 17.0. The van der Waals surface area contributed by atoms with Gasteiger partial charge in [-0.15, -0.1) is 0 Å². The summed E-state index contributed by atoms with van der Waals surface area (Å²) in [6.07, 6.45) is 5.58.